The van der Waals surface area contributed by atoms with Crippen LogP contribution in [0.5, 0.6) is 5.75 Å². The number of carbonyl (C=O) groups excluding carboxylic acids is 1. The van der Waals surface area contributed by atoms with Gasteiger partial charge in [0.15, 0.2) is 5.17 Å². The van der Waals surface area contributed by atoms with Crippen LogP contribution in [0.4, 0.5) is 5.69 Å². The summed E-state index contributed by atoms with van der Waals surface area (Å²) in [6.07, 6.45) is 1.76. The number of benzene rings is 1. The second-order valence-corrected chi connectivity index (χ2v) is 7.42. The number of carbonyl (C=O) groups is 1. The minimum Gasteiger partial charge on any atom is -0.495 e. The van der Waals surface area contributed by atoms with Crippen LogP contribution in [0.3, 0.4) is 0 Å². The first kappa shape index (κ1) is 18.0. The minimum atomic E-state index is -0.227. The van der Waals surface area contributed by atoms with Crippen molar-refractivity contribution in [2.75, 3.05) is 24.4 Å². The molecule has 1 aliphatic heterocycles. The number of halogens is 1. The Morgan fingerprint density at radius 3 is 2.92 bits per heavy atom. The van der Waals surface area contributed by atoms with Gasteiger partial charge in [0.05, 0.1) is 24.4 Å². The maximum absolute atomic E-state index is 12.9. The number of aliphatic imine (C=N–C) groups is 1. The zero-order valence-electron chi connectivity index (χ0n) is 13.3. The zero-order chi connectivity index (χ0) is 17.8. The van der Waals surface area contributed by atoms with Crippen LogP contribution in [0, 0.1) is 0 Å². The number of thiophene rings is 1. The Morgan fingerprint density at radius 1 is 1.44 bits per heavy atom. The van der Waals surface area contributed by atoms with Crippen LogP contribution >= 0.6 is 34.7 Å². The number of thioether (sulfide) groups is 1. The second-order valence-electron chi connectivity index (χ2n) is 4.97. The molecule has 130 valence electrons. The standard InChI is InChI=1S/C17H15ClN2O3S2/c1-23-15-5-4-11(9-13(15)18)20-16(22)14(10-12-3-2-7-24-12)19-17(20)25-8-6-21/h2-5,7,9-10,21H,6,8H2,1H3/b14-10+. The summed E-state index contributed by atoms with van der Waals surface area (Å²) >= 11 is 9.05. The third kappa shape index (κ3) is 3.90. The molecule has 8 heteroatoms. The van der Waals surface area contributed by atoms with Gasteiger partial charge in [0.2, 0.25) is 0 Å². The zero-order valence-corrected chi connectivity index (χ0v) is 15.7. The summed E-state index contributed by atoms with van der Waals surface area (Å²) in [4.78, 5) is 19.8. The first-order valence-electron chi connectivity index (χ1n) is 7.39. The van der Waals surface area contributed by atoms with E-state index in [0.717, 1.165) is 4.88 Å². The summed E-state index contributed by atoms with van der Waals surface area (Å²) in [5.74, 6) is 0.752. The molecule has 0 saturated heterocycles. The monoisotopic (exact) mass is 394 g/mol. The predicted octanol–water partition coefficient (Wildman–Crippen LogP) is 3.88. The third-order valence-corrected chi connectivity index (χ3v) is 5.40. The Kier molecular flexibility index (Phi) is 5.80. The number of hydrogen-bond acceptors (Lipinski definition) is 6. The number of amides is 1. The second kappa shape index (κ2) is 8.05. The summed E-state index contributed by atoms with van der Waals surface area (Å²) < 4.78 is 5.16. The SMILES string of the molecule is COc1ccc(N2C(=O)/C(=C\c3cccs3)N=C2SCCO)cc1Cl. The van der Waals surface area contributed by atoms with Crippen LogP contribution in [0.25, 0.3) is 6.08 Å². The molecule has 2 aromatic rings. The lowest BCUT2D eigenvalue weighted by Gasteiger charge is -2.18. The quantitative estimate of drug-likeness (QED) is 0.782. The van der Waals surface area contributed by atoms with E-state index in [1.54, 1.807) is 24.3 Å². The van der Waals surface area contributed by atoms with Gasteiger partial charge in [-0.1, -0.05) is 29.4 Å². The molecule has 0 aliphatic carbocycles. The Morgan fingerprint density at radius 2 is 2.28 bits per heavy atom. The molecule has 1 N–H and O–H groups in total. The van der Waals surface area contributed by atoms with E-state index in [4.69, 9.17) is 21.4 Å². The first-order valence-corrected chi connectivity index (χ1v) is 9.64. The lowest BCUT2D eigenvalue weighted by Crippen LogP contribution is -2.30. The summed E-state index contributed by atoms with van der Waals surface area (Å²) in [7, 11) is 1.54. The Bertz CT molecular complexity index is 834. The number of ether oxygens (including phenoxy) is 1. The maximum Gasteiger partial charge on any atom is 0.283 e. The summed E-state index contributed by atoms with van der Waals surface area (Å²) in [6.45, 7) is -0.000934. The van der Waals surface area contributed by atoms with Crippen molar-refractivity contribution in [3.05, 3.63) is 51.3 Å². The number of methoxy groups -OCH3 is 1. The number of rotatable bonds is 5. The summed E-state index contributed by atoms with van der Waals surface area (Å²) in [6, 6.07) is 8.98. The van der Waals surface area contributed by atoms with Crippen molar-refractivity contribution in [3.8, 4) is 5.75 Å². The average Bonchev–Trinajstić information content (AvgIpc) is 3.22. The normalized spacial score (nSPS) is 15.8. The van der Waals surface area contributed by atoms with Crippen LogP contribution in [-0.2, 0) is 4.79 Å². The van der Waals surface area contributed by atoms with Gasteiger partial charge in [0.1, 0.15) is 11.4 Å². The van der Waals surface area contributed by atoms with Gasteiger partial charge in [-0.15, -0.1) is 11.3 Å². The van der Waals surface area contributed by atoms with Gasteiger partial charge >= 0.3 is 0 Å². The molecule has 0 atom stereocenters. The van der Waals surface area contributed by atoms with Crippen molar-refractivity contribution in [2.45, 2.75) is 0 Å². The molecule has 0 unspecified atom stereocenters. The highest BCUT2D eigenvalue weighted by molar-refractivity contribution is 8.14. The van der Waals surface area contributed by atoms with Crippen molar-refractivity contribution in [2.24, 2.45) is 4.99 Å². The molecule has 0 saturated carbocycles. The molecule has 0 bridgehead atoms. The number of anilines is 1. The summed E-state index contributed by atoms with van der Waals surface area (Å²) in [5, 5.41) is 12.0. The van der Waals surface area contributed by atoms with E-state index in [2.05, 4.69) is 4.99 Å². The van der Waals surface area contributed by atoms with Crippen molar-refractivity contribution in [1.82, 2.24) is 0 Å². The van der Waals surface area contributed by atoms with Gasteiger partial charge in [-0.05, 0) is 35.7 Å². The third-order valence-electron chi connectivity index (χ3n) is 3.37. The van der Waals surface area contributed by atoms with Crippen LogP contribution < -0.4 is 9.64 Å². The van der Waals surface area contributed by atoms with Crippen LogP contribution in [0.2, 0.25) is 5.02 Å². The van der Waals surface area contributed by atoms with Crippen molar-refractivity contribution < 1.29 is 14.6 Å². The van der Waals surface area contributed by atoms with E-state index in [1.165, 1.54) is 35.1 Å². The number of aliphatic hydroxyl groups is 1. The Hall–Kier alpha value is -1.80. The molecule has 1 aromatic heterocycles. The highest BCUT2D eigenvalue weighted by Gasteiger charge is 2.32. The van der Waals surface area contributed by atoms with Gasteiger partial charge in [-0.2, -0.15) is 0 Å². The predicted molar refractivity (Wildman–Crippen MR) is 105 cm³/mol. The Balaban J connectivity index is 1.97. The highest BCUT2D eigenvalue weighted by atomic mass is 35.5. The fourth-order valence-electron chi connectivity index (χ4n) is 2.26. The van der Waals surface area contributed by atoms with Crippen molar-refractivity contribution in [3.63, 3.8) is 0 Å². The lowest BCUT2D eigenvalue weighted by atomic mass is 10.2. The van der Waals surface area contributed by atoms with E-state index in [-0.39, 0.29) is 12.5 Å². The van der Waals surface area contributed by atoms with Gasteiger partial charge < -0.3 is 9.84 Å². The molecule has 0 fully saturated rings. The minimum absolute atomic E-state index is 0.000934. The molecular weight excluding hydrogens is 380 g/mol. The van der Waals surface area contributed by atoms with Crippen molar-refractivity contribution >= 4 is 57.5 Å². The average molecular weight is 395 g/mol. The molecule has 0 spiro atoms. The molecular formula is C17H15ClN2O3S2. The van der Waals surface area contributed by atoms with E-state index in [1.807, 2.05) is 17.5 Å². The topological polar surface area (TPSA) is 62.1 Å². The van der Waals surface area contributed by atoms with Crippen LogP contribution in [-0.4, -0.2) is 35.7 Å². The molecule has 1 aromatic carbocycles. The number of aliphatic hydroxyl groups excluding tert-OH is 1. The number of nitrogens with zero attached hydrogens (tertiary/aromatic N) is 2. The van der Waals surface area contributed by atoms with Gasteiger partial charge in [-0.3, -0.25) is 9.69 Å². The number of amidine groups is 1. The van der Waals surface area contributed by atoms with E-state index < -0.39 is 0 Å². The van der Waals surface area contributed by atoms with E-state index in [0.29, 0.717) is 33.1 Å². The fourth-order valence-corrected chi connectivity index (χ4v) is 3.92. The molecule has 1 aliphatic rings. The molecule has 2 heterocycles. The Labute approximate surface area is 158 Å². The smallest absolute Gasteiger partial charge is 0.283 e. The number of hydrogen-bond donors (Lipinski definition) is 1. The first-order chi connectivity index (χ1) is 12.1. The van der Waals surface area contributed by atoms with Crippen molar-refractivity contribution in [1.29, 1.82) is 0 Å². The van der Waals surface area contributed by atoms with Gasteiger partial charge in [0, 0.05) is 10.6 Å². The largest absolute Gasteiger partial charge is 0.495 e. The van der Waals surface area contributed by atoms with Crippen LogP contribution in [0.15, 0.2) is 46.4 Å². The molecule has 1 amide bonds. The van der Waals surface area contributed by atoms with E-state index >= 15 is 0 Å². The molecule has 5 nitrogen and oxygen atoms in total. The molecule has 3 rings (SSSR count). The van der Waals surface area contributed by atoms with Gasteiger partial charge in [0.25, 0.3) is 5.91 Å². The molecule has 0 radical (unpaired) electrons. The highest BCUT2D eigenvalue weighted by Crippen LogP contribution is 2.34. The molecule has 25 heavy (non-hydrogen) atoms. The van der Waals surface area contributed by atoms with Crippen LogP contribution in [0.1, 0.15) is 4.88 Å². The maximum atomic E-state index is 12.9. The fraction of sp³-hybridized carbons (Fsp3) is 0.176. The van der Waals surface area contributed by atoms with Gasteiger partial charge in [-0.25, -0.2) is 4.99 Å². The lowest BCUT2D eigenvalue weighted by molar-refractivity contribution is -0.113. The summed E-state index contributed by atoms with van der Waals surface area (Å²) in [5.41, 5.74) is 0.962. The van der Waals surface area contributed by atoms with E-state index in [9.17, 15) is 4.79 Å².